The van der Waals surface area contributed by atoms with Crippen LogP contribution in [-0.2, 0) is 15.9 Å². The van der Waals surface area contributed by atoms with Gasteiger partial charge in [-0.15, -0.1) is 0 Å². The average molecular weight is 218 g/mol. The van der Waals surface area contributed by atoms with E-state index >= 15 is 0 Å². The van der Waals surface area contributed by atoms with Crippen molar-refractivity contribution in [1.82, 2.24) is 0 Å². The Bertz CT molecular complexity index is 354. The van der Waals surface area contributed by atoms with Crippen molar-refractivity contribution < 1.29 is 9.47 Å². The summed E-state index contributed by atoms with van der Waals surface area (Å²) >= 11 is 0. The summed E-state index contributed by atoms with van der Waals surface area (Å²) in [5.74, 6) is 1.33. The zero-order valence-corrected chi connectivity index (χ0v) is 9.90. The van der Waals surface area contributed by atoms with Crippen molar-refractivity contribution in [1.29, 1.82) is 0 Å². The first-order chi connectivity index (χ1) is 7.58. The molecule has 0 aliphatic carbocycles. The van der Waals surface area contributed by atoms with Crippen LogP contribution in [-0.4, -0.2) is 6.29 Å². The molecule has 2 heteroatoms. The summed E-state index contributed by atoms with van der Waals surface area (Å²) in [6.45, 7) is 11.1. The van der Waals surface area contributed by atoms with Gasteiger partial charge < -0.3 is 9.47 Å². The molecule has 0 aliphatic rings. The fourth-order valence-corrected chi connectivity index (χ4v) is 1.41. The standard InChI is InChI=1S/C14H18O2/c1-11(2)15-13(4)16-12(3)10-14-8-6-5-7-9-14/h5-9,13H,1,3,10H2,2,4H3. The number of rotatable bonds is 6. The van der Waals surface area contributed by atoms with E-state index in [0.29, 0.717) is 17.9 Å². The molecule has 0 heterocycles. The van der Waals surface area contributed by atoms with Gasteiger partial charge in [0.1, 0.15) is 0 Å². The summed E-state index contributed by atoms with van der Waals surface area (Å²) in [6, 6.07) is 10.1. The Morgan fingerprint density at radius 3 is 2.38 bits per heavy atom. The molecule has 0 aliphatic heterocycles. The Labute approximate surface area is 97.2 Å². The van der Waals surface area contributed by atoms with Crippen LogP contribution in [0.25, 0.3) is 0 Å². The zero-order valence-electron chi connectivity index (χ0n) is 9.90. The van der Waals surface area contributed by atoms with Gasteiger partial charge in [-0.05, 0) is 12.5 Å². The van der Waals surface area contributed by atoms with Crippen LogP contribution in [0, 0.1) is 0 Å². The number of ether oxygens (including phenoxy) is 2. The summed E-state index contributed by atoms with van der Waals surface area (Å²) < 4.78 is 10.8. The summed E-state index contributed by atoms with van der Waals surface area (Å²) in [6.07, 6.45) is 0.360. The fourth-order valence-electron chi connectivity index (χ4n) is 1.41. The second-order valence-electron chi connectivity index (χ2n) is 3.71. The average Bonchev–Trinajstić information content (AvgIpc) is 2.17. The topological polar surface area (TPSA) is 18.5 Å². The summed E-state index contributed by atoms with van der Waals surface area (Å²) in [5, 5.41) is 0. The van der Waals surface area contributed by atoms with E-state index in [-0.39, 0.29) is 6.29 Å². The lowest BCUT2D eigenvalue weighted by Crippen LogP contribution is -2.11. The Kier molecular flexibility index (Phi) is 4.65. The molecular weight excluding hydrogens is 200 g/mol. The SMILES string of the molecule is C=C(C)OC(C)OC(=C)Cc1ccccc1. The molecule has 0 aromatic heterocycles. The lowest BCUT2D eigenvalue weighted by Gasteiger charge is -2.17. The Morgan fingerprint density at radius 1 is 1.19 bits per heavy atom. The lowest BCUT2D eigenvalue weighted by atomic mass is 10.1. The number of hydrogen-bond donors (Lipinski definition) is 0. The van der Waals surface area contributed by atoms with Crippen LogP contribution in [0.3, 0.4) is 0 Å². The van der Waals surface area contributed by atoms with Gasteiger partial charge in [-0.1, -0.05) is 43.5 Å². The van der Waals surface area contributed by atoms with Gasteiger partial charge >= 0.3 is 0 Å². The first-order valence-corrected chi connectivity index (χ1v) is 5.28. The largest absolute Gasteiger partial charge is 0.461 e. The predicted octanol–water partition coefficient (Wildman–Crippen LogP) is 3.66. The monoisotopic (exact) mass is 218 g/mol. The molecule has 16 heavy (non-hydrogen) atoms. The third-order valence-corrected chi connectivity index (χ3v) is 1.94. The van der Waals surface area contributed by atoms with E-state index in [1.807, 2.05) is 37.3 Å². The highest BCUT2D eigenvalue weighted by atomic mass is 16.7. The molecule has 0 N–H and O–H groups in total. The van der Waals surface area contributed by atoms with Gasteiger partial charge in [-0.3, -0.25) is 0 Å². The summed E-state index contributed by atoms with van der Waals surface area (Å²) in [7, 11) is 0. The molecular formula is C14H18O2. The van der Waals surface area contributed by atoms with E-state index in [1.165, 1.54) is 5.56 Å². The van der Waals surface area contributed by atoms with Crippen molar-refractivity contribution in [3.63, 3.8) is 0 Å². The molecule has 1 aromatic carbocycles. The predicted molar refractivity (Wildman–Crippen MR) is 65.7 cm³/mol. The van der Waals surface area contributed by atoms with Crippen LogP contribution in [0.2, 0.25) is 0 Å². The van der Waals surface area contributed by atoms with Gasteiger partial charge in [-0.25, -0.2) is 0 Å². The van der Waals surface area contributed by atoms with E-state index in [9.17, 15) is 0 Å². The molecule has 0 saturated carbocycles. The van der Waals surface area contributed by atoms with Crippen molar-refractivity contribution in [2.24, 2.45) is 0 Å². The van der Waals surface area contributed by atoms with Crippen LogP contribution >= 0.6 is 0 Å². The smallest absolute Gasteiger partial charge is 0.237 e. The quantitative estimate of drug-likeness (QED) is 0.536. The second kappa shape index (κ2) is 6.01. The molecule has 2 nitrogen and oxygen atoms in total. The van der Waals surface area contributed by atoms with Gasteiger partial charge in [0.25, 0.3) is 0 Å². The third kappa shape index (κ3) is 4.69. The van der Waals surface area contributed by atoms with E-state index < -0.39 is 0 Å². The molecule has 0 radical (unpaired) electrons. The highest BCUT2D eigenvalue weighted by Gasteiger charge is 2.05. The fraction of sp³-hybridized carbons (Fsp3) is 0.286. The van der Waals surface area contributed by atoms with E-state index in [4.69, 9.17) is 9.47 Å². The molecule has 0 spiro atoms. The zero-order chi connectivity index (χ0) is 12.0. The van der Waals surface area contributed by atoms with Crippen molar-refractivity contribution in [3.8, 4) is 0 Å². The lowest BCUT2D eigenvalue weighted by molar-refractivity contribution is -0.0717. The Hall–Kier alpha value is -1.70. The maximum Gasteiger partial charge on any atom is 0.237 e. The van der Waals surface area contributed by atoms with Crippen molar-refractivity contribution >= 4 is 0 Å². The number of allylic oxidation sites excluding steroid dienone is 2. The normalized spacial score (nSPS) is 11.6. The van der Waals surface area contributed by atoms with Gasteiger partial charge in [0.2, 0.25) is 6.29 Å². The first-order valence-electron chi connectivity index (χ1n) is 5.28. The molecule has 0 bridgehead atoms. The summed E-state index contributed by atoms with van der Waals surface area (Å²) in [4.78, 5) is 0. The van der Waals surface area contributed by atoms with Gasteiger partial charge in [0.05, 0.1) is 11.5 Å². The van der Waals surface area contributed by atoms with Crippen LogP contribution in [0.15, 0.2) is 55.0 Å². The maximum atomic E-state index is 5.49. The maximum absolute atomic E-state index is 5.49. The highest BCUT2D eigenvalue weighted by Crippen LogP contribution is 2.11. The molecule has 0 saturated heterocycles. The van der Waals surface area contributed by atoms with Gasteiger partial charge in [0.15, 0.2) is 0 Å². The molecule has 0 amide bonds. The molecule has 0 fully saturated rings. The first kappa shape index (κ1) is 12.4. The number of benzene rings is 1. The Morgan fingerprint density at radius 2 is 1.81 bits per heavy atom. The minimum Gasteiger partial charge on any atom is -0.461 e. The molecule has 1 aromatic rings. The van der Waals surface area contributed by atoms with Crippen LogP contribution in [0.1, 0.15) is 19.4 Å². The third-order valence-electron chi connectivity index (χ3n) is 1.94. The molecule has 1 unspecified atom stereocenters. The van der Waals surface area contributed by atoms with Gasteiger partial charge in [0, 0.05) is 13.3 Å². The van der Waals surface area contributed by atoms with Crippen molar-refractivity contribution in [3.05, 3.63) is 60.6 Å². The minimum absolute atomic E-state index is 0.339. The van der Waals surface area contributed by atoms with Crippen LogP contribution in [0.4, 0.5) is 0 Å². The van der Waals surface area contributed by atoms with Crippen LogP contribution < -0.4 is 0 Å². The van der Waals surface area contributed by atoms with E-state index in [0.717, 1.165) is 0 Å². The minimum atomic E-state index is -0.339. The molecule has 86 valence electrons. The van der Waals surface area contributed by atoms with Crippen molar-refractivity contribution in [2.75, 3.05) is 0 Å². The van der Waals surface area contributed by atoms with Gasteiger partial charge in [-0.2, -0.15) is 0 Å². The second-order valence-corrected chi connectivity index (χ2v) is 3.71. The number of hydrogen-bond acceptors (Lipinski definition) is 2. The molecule has 1 atom stereocenters. The summed E-state index contributed by atoms with van der Waals surface area (Å²) in [5.41, 5.74) is 1.18. The Balaban J connectivity index is 2.39. The van der Waals surface area contributed by atoms with E-state index in [1.54, 1.807) is 6.92 Å². The highest BCUT2D eigenvalue weighted by molar-refractivity contribution is 5.18. The molecule has 1 rings (SSSR count). The van der Waals surface area contributed by atoms with E-state index in [2.05, 4.69) is 13.2 Å². The van der Waals surface area contributed by atoms with Crippen LogP contribution in [0.5, 0.6) is 0 Å². The van der Waals surface area contributed by atoms with Crippen molar-refractivity contribution in [2.45, 2.75) is 26.6 Å².